The highest BCUT2D eigenvalue weighted by atomic mass is 32.2. The van der Waals surface area contributed by atoms with Gasteiger partial charge >= 0.3 is 5.97 Å². The zero-order chi connectivity index (χ0) is 17.6. The van der Waals surface area contributed by atoms with Gasteiger partial charge in [0, 0.05) is 22.6 Å². The molecule has 5 nitrogen and oxygen atoms in total. The molecule has 0 aromatic heterocycles. The first-order chi connectivity index (χ1) is 12.2. The van der Waals surface area contributed by atoms with Crippen LogP contribution in [-0.4, -0.2) is 17.6 Å². The molecule has 1 aliphatic rings. The molecule has 0 saturated heterocycles. The van der Waals surface area contributed by atoms with Gasteiger partial charge in [-0.25, -0.2) is 4.79 Å². The zero-order valence-corrected chi connectivity index (χ0v) is 14.2. The molecule has 2 aromatic carbocycles. The topological polar surface area (TPSA) is 79.2 Å². The third-order valence-electron chi connectivity index (χ3n) is 3.78. The molecule has 0 aliphatic carbocycles. The number of fused-ring (bicyclic) bond motifs is 1. The molecule has 3 rings (SSSR count). The number of carbonyl (C=O) groups excluding carboxylic acids is 2. The normalized spacial score (nSPS) is 15.2. The molecular weight excluding hydrogens is 336 g/mol. The van der Waals surface area contributed by atoms with Gasteiger partial charge in [0.1, 0.15) is 6.10 Å². The summed E-state index contributed by atoms with van der Waals surface area (Å²) in [6, 6.07) is 16.7. The molecule has 1 heterocycles. The molecule has 1 N–H and O–H groups in total. The Bertz CT molecular complexity index is 845. The van der Waals surface area contributed by atoms with Gasteiger partial charge in [-0.15, -0.1) is 11.8 Å². The maximum absolute atomic E-state index is 12.4. The third-order valence-corrected chi connectivity index (χ3v) is 4.86. The van der Waals surface area contributed by atoms with E-state index in [4.69, 9.17) is 10.00 Å². The number of nitriles is 1. The molecule has 1 unspecified atom stereocenters. The van der Waals surface area contributed by atoms with E-state index in [0.29, 0.717) is 23.4 Å². The average Bonchev–Trinajstić information content (AvgIpc) is 2.93. The zero-order valence-electron chi connectivity index (χ0n) is 13.4. The van der Waals surface area contributed by atoms with Gasteiger partial charge in [-0.3, -0.25) is 4.79 Å². The fourth-order valence-corrected chi connectivity index (χ4v) is 3.51. The Morgan fingerprint density at radius 3 is 2.80 bits per heavy atom. The van der Waals surface area contributed by atoms with Crippen LogP contribution < -0.4 is 5.32 Å². The van der Waals surface area contributed by atoms with E-state index in [1.54, 1.807) is 12.1 Å². The van der Waals surface area contributed by atoms with Gasteiger partial charge in [0.25, 0.3) is 0 Å². The summed E-state index contributed by atoms with van der Waals surface area (Å²) in [5.74, 6) is 0.0560. The van der Waals surface area contributed by atoms with E-state index in [1.807, 2.05) is 36.4 Å². The molecule has 1 aliphatic heterocycles. The van der Waals surface area contributed by atoms with Crippen molar-refractivity contribution in [3.8, 4) is 6.07 Å². The van der Waals surface area contributed by atoms with E-state index >= 15 is 0 Å². The predicted molar refractivity (Wildman–Crippen MR) is 95.2 cm³/mol. The van der Waals surface area contributed by atoms with Crippen LogP contribution in [0.1, 0.15) is 34.9 Å². The summed E-state index contributed by atoms with van der Waals surface area (Å²) in [5.41, 5.74) is 1.97. The van der Waals surface area contributed by atoms with Crippen LogP contribution in [0.4, 0.5) is 5.69 Å². The number of para-hydroxylation sites is 1. The van der Waals surface area contributed by atoms with Crippen molar-refractivity contribution in [3.63, 3.8) is 0 Å². The molecule has 0 fully saturated rings. The lowest BCUT2D eigenvalue weighted by atomic mass is 10.0. The summed E-state index contributed by atoms with van der Waals surface area (Å²) >= 11 is 1.52. The van der Waals surface area contributed by atoms with Crippen LogP contribution in [0.5, 0.6) is 0 Å². The highest BCUT2D eigenvalue weighted by Gasteiger charge is 2.32. The van der Waals surface area contributed by atoms with E-state index in [0.717, 1.165) is 10.5 Å². The number of hydrogen-bond donors (Lipinski definition) is 1. The first kappa shape index (κ1) is 17.1. The third kappa shape index (κ3) is 4.01. The monoisotopic (exact) mass is 352 g/mol. The Hall–Kier alpha value is -2.78. The number of nitrogens with zero attached hydrogens (tertiary/aromatic N) is 1. The lowest BCUT2D eigenvalue weighted by Crippen LogP contribution is -2.16. The number of amides is 1. The largest absolute Gasteiger partial charge is 0.453 e. The van der Waals surface area contributed by atoms with Crippen LogP contribution in [0.2, 0.25) is 0 Å². The standard InChI is InChI=1S/C19H16N2O3S/c20-10-5-11-25-17-9-4-3-8-15(17)21-18(22)12-16-13-6-1-2-7-14(13)19(23)24-16/h1-4,6-9,16H,5,11-12H2,(H,21,22). The van der Waals surface area contributed by atoms with E-state index in [1.165, 1.54) is 11.8 Å². The second kappa shape index (κ2) is 7.86. The minimum absolute atomic E-state index is 0.0694. The summed E-state index contributed by atoms with van der Waals surface area (Å²) < 4.78 is 5.31. The van der Waals surface area contributed by atoms with Gasteiger partial charge in [-0.1, -0.05) is 30.3 Å². The predicted octanol–water partition coefficient (Wildman–Crippen LogP) is 3.93. The Morgan fingerprint density at radius 2 is 1.96 bits per heavy atom. The molecule has 6 heteroatoms. The van der Waals surface area contributed by atoms with Crippen molar-refractivity contribution in [2.24, 2.45) is 0 Å². The smallest absolute Gasteiger partial charge is 0.339 e. The molecule has 1 atom stereocenters. The summed E-state index contributed by atoms with van der Waals surface area (Å²) in [4.78, 5) is 25.1. The van der Waals surface area contributed by atoms with Crippen molar-refractivity contribution < 1.29 is 14.3 Å². The van der Waals surface area contributed by atoms with Gasteiger partial charge in [0.2, 0.25) is 5.91 Å². The first-order valence-electron chi connectivity index (χ1n) is 7.87. The maximum Gasteiger partial charge on any atom is 0.339 e. The van der Waals surface area contributed by atoms with E-state index in [2.05, 4.69) is 11.4 Å². The van der Waals surface area contributed by atoms with Gasteiger partial charge < -0.3 is 10.1 Å². The average molecular weight is 352 g/mol. The highest BCUT2D eigenvalue weighted by Crippen LogP contribution is 2.33. The van der Waals surface area contributed by atoms with Gasteiger partial charge in [-0.05, 0) is 18.2 Å². The van der Waals surface area contributed by atoms with Crippen molar-refractivity contribution in [2.45, 2.75) is 23.8 Å². The van der Waals surface area contributed by atoms with Gasteiger partial charge in [0.05, 0.1) is 23.7 Å². The minimum atomic E-state index is -0.554. The molecule has 25 heavy (non-hydrogen) atoms. The van der Waals surface area contributed by atoms with E-state index in [9.17, 15) is 9.59 Å². The van der Waals surface area contributed by atoms with Crippen LogP contribution >= 0.6 is 11.8 Å². The molecule has 1 amide bonds. The number of anilines is 1. The second-order valence-electron chi connectivity index (χ2n) is 5.49. The van der Waals surface area contributed by atoms with Crippen molar-refractivity contribution >= 4 is 29.3 Å². The Balaban J connectivity index is 1.66. The first-order valence-corrected chi connectivity index (χ1v) is 8.86. The fraction of sp³-hybridized carbons (Fsp3) is 0.211. The van der Waals surface area contributed by atoms with Crippen LogP contribution in [0, 0.1) is 11.3 Å². The number of carbonyl (C=O) groups is 2. The second-order valence-corrected chi connectivity index (χ2v) is 6.62. The molecule has 0 saturated carbocycles. The van der Waals surface area contributed by atoms with Crippen molar-refractivity contribution in [3.05, 3.63) is 59.7 Å². The summed E-state index contributed by atoms with van der Waals surface area (Å²) in [5, 5.41) is 11.5. The van der Waals surface area contributed by atoms with Crippen LogP contribution in [0.25, 0.3) is 0 Å². The number of hydrogen-bond acceptors (Lipinski definition) is 5. The number of rotatable bonds is 6. The van der Waals surface area contributed by atoms with Crippen molar-refractivity contribution in [1.82, 2.24) is 0 Å². The minimum Gasteiger partial charge on any atom is -0.453 e. The quantitative estimate of drug-likeness (QED) is 0.484. The summed E-state index contributed by atoms with van der Waals surface area (Å²) in [6.45, 7) is 0. The molecule has 0 radical (unpaired) electrons. The lowest BCUT2D eigenvalue weighted by molar-refractivity contribution is -0.118. The molecular formula is C19H16N2O3S. The molecule has 0 spiro atoms. The Kier molecular flexibility index (Phi) is 5.36. The molecule has 0 bridgehead atoms. The SMILES string of the molecule is N#CCCSc1ccccc1NC(=O)CC1OC(=O)c2ccccc21. The Morgan fingerprint density at radius 1 is 1.20 bits per heavy atom. The summed E-state index contributed by atoms with van der Waals surface area (Å²) in [7, 11) is 0. The molecule has 2 aromatic rings. The number of benzene rings is 2. The lowest BCUT2D eigenvalue weighted by Gasteiger charge is -2.13. The maximum atomic E-state index is 12.4. The summed E-state index contributed by atoms with van der Waals surface area (Å²) in [6.07, 6.45) is -0.0380. The number of esters is 1. The van der Waals surface area contributed by atoms with E-state index in [-0.39, 0.29) is 18.3 Å². The van der Waals surface area contributed by atoms with Crippen LogP contribution in [0.3, 0.4) is 0 Å². The van der Waals surface area contributed by atoms with Crippen LogP contribution in [-0.2, 0) is 9.53 Å². The van der Waals surface area contributed by atoms with Gasteiger partial charge in [-0.2, -0.15) is 5.26 Å². The Labute approximate surface area is 150 Å². The number of nitrogens with one attached hydrogen (secondary N) is 1. The van der Waals surface area contributed by atoms with E-state index < -0.39 is 6.10 Å². The highest BCUT2D eigenvalue weighted by molar-refractivity contribution is 7.99. The number of ether oxygens (including phenoxy) is 1. The molecule has 126 valence electrons. The van der Waals surface area contributed by atoms with Crippen molar-refractivity contribution in [1.29, 1.82) is 5.26 Å². The number of thioether (sulfide) groups is 1. The fourth-order valence-electron chi connectivity index (χ4n) is 2.64. The number of cyclic esters (lactones) is 1. The van der Waals surface area contributed by atoms with Crippen LogP contribution in [0.15, 0.2) is 53.4 Å². The van der Waals surface area contributed by atoms with Gasteiger partial charge in [0.15, 0.2) is 0 Å². The van der Waals surface area contributed by atoms with Crippen molar-refractivity contribution in [2.75, 3.05) is 11.1 Å².